The molecular formula is C10H14N2O4. The van der Waals surface area contributed by atoms with Crippen molar-refractivity contribution in [3.8, 4) is 6.07 Å². The smallest absolute Gasteiger partial charge is 0.329 e. The van der Waals surface area contributed by atoms with Gasteiger partial charge in [-0.15, -0.1) is 0 Å². The first-order chi connectivity index (χ1) is 7.63. The van der Waals surface area contributed by atoms with Crippen LogP contribution in [0.5, 0.6) is 0 Å². The van der Waals surface area contributed by atoms with Gasteiger partial charge in [0, 0.05) is 6.04 Å². The summed E-state index contributed by atoms with van der Waals surface area (Å²) in [5.41, 5.74) is 0. The maximum Gasteiger partial charge on any atom is 0.329 e. The summed E-state index contributed by atoms with van der Waals surface area (Å²) in [5.74, 6) is -1.61. The van der Waals surface area contributed by atoms with Crippen molar-refractivity contribution in [3.63, 3.8) is 0 Å². The molecule has 16 heavy (non-hydrogen) atoms. The van der Waals surface area contributed by atoms with Gasteiger partial charge in [0.05, 0.1) is 12.0 Å². The average molecular weight is 226 g/mol. The standard InChI is InChI=1S/C10H14N2O4/c11-4-7-2-1-3-8(7)12-9(13)5-16-6-10(14)15/h7-8H,1-3,5-6H2,(H,12,13)(H,14,15). The van der Waals surface area contributed by atoms with E-state index >= 15 is 0 Å². The van der Waals surface area contributed by atoms with Crippen molar-refractivity contribution >= 4 is 11.9 Å². The molecule has 2 N–H and O–H groups in total. The van der Waals surface area contributed by atoms with E-state index in [2.05, 4.69) is 16.1 Å². The number of nitrogens with zero attached hydrogens (tertiary/aromatic N) is 1. The second kappa shape index (κ2) is 6.08. The molecule has 6 heteroatoms. The van der Waals surface area contributed by atoms with Gasteiger partial charge in [0.15, 0.2) is 0 Å². The Morgan fingerprint density at radius 3 is 2.81 bits per heavy atom. The van der Waals surface area contributed by atoms with E-state index in [9.17, 15) is 9.59 Å². The molecule has 0 aromatic heterocycles. The first kappa shape index (κ1) is 12.5. The molecule has 0 heterocycles. The van der Waals surface area contributed by atoms with Crippen LogP contribution in [-0.4, -0.2) is 36.2 Å². The van der Waals surface area contributed by atoms with Crippen LogP contribution in [0.4, 0.5) is 0 Å². The van der Waals surface area contributed by atoms with Gasteiger partial charge in [-0.05, 0) is 19.3 Å². The maximum absolute atomic E-state index is 11.3. The van der Waals surface area contributed by atoms with Crippen LogP contribution in [0.15, 0.2) is 0 Å². The fraction of sp³-hybridized carbons (Fsp3) is 0.700. The van der Waals surface area contributed by atoms with Gasteiger partial charge in [-0.1, -0.05) is 0 Å². The number of carboxylic acids is 1. The Labute approximate surface area is 93.2 Å². The summed E-state index contributed by atoms with van der Waals surface area (Å²) >= 11 is 0. The van der Waals surface area contributed by atoms with Crippen molar-refractivity contribution in [1.29, 1.82) is 5.26 Å². The lowest BCUT2D eigenvalue weighted by Crippen LogP contribution is -2.39. The molecule has 6 nitrogen and oxygen atoms in total. The molecule has 0 bridgehead atoms. The van der Waals surface area contributed by atoms with Crippen LogP contribution in [0.2, 0.25) is 0 Å². The molecule has 0 saturated heterocycles. The van der Waals surface area contributed by atoms with Crippen LogP contribution in [0.25, 0.3) is 0 Å². The molecule has 0 aromatic rings. The van der Waals surface area contributed by atoms with Crippen molar-refractivity contribution in [3.05, 3.63) is 0 Å². The van der Waals surface area contributed by atoms with E-state index in [0.717, 1.165) is 19.3 Å². The molecule has 2 unspecified atom stereocenters. The molecule has 1 aliphatic rings. The number of carboxylic acid groups (broad SMARTS) is 1. The van der Waals surface area contributed by atoms with Crippen LogP contribution < -0.4 is 5.32 Å². The third-order valence-electron chi connectivity index (χ3n) is 2.49. The highest BCUT2D eigenvalue weighted by molar-refractivity contribution is 5.78. The Hall–Kier alpha value is -1.61. The lowest BCUT2D eigenvalue weighted by molar-refractivity contribution is -0.143. The number of nitrogens with one attached hydrogen (secondary N) is 1. The SMILES string of the molecule is N#CC1CCCC1NC(=O)COCC(=O)O. The average Bonchev–Trinajstić information content (AvgIpc) is 2.64. The third-order valence-corrected chi connectivity index (χ3v) is 2.49. The molecule has 0 radical (unpaired) electrons. The van der Waals surface area contributed by atoms with Gasteiger partial charge in [0.2, 0.25) is 5.91 Å². The fourth-order valence-corrected chi connectivity index (χ4v) is 1.77. The van der Waals surface area contributed by atoms with E-state index in [-0.39, 0.29) is 24.5 Å². The molecule has 0 aliphatic heterocycles. The predicted octanol–water partition coefficient (Wildman–Crippen LogP) is -0.104. The molecule has 1 amide bonds. The van der Waals surface area contributed by atoms with E-state index < -0.39 is 12.6 Å². The number of aliphatic carboxylic acids is 1. The van der Waals surface area contributed by atoms with Crippen molar-refractivity contribution in [1.82, 2.24) is 5.32 Å². The van der Waals surface area contributed by atoms with Gasteiger partial charge >= 0.3 is 5.97 Å². The quantitative estimate of drug-likeness (QED) is 0.681. The minimum atomic E-state index is -1.11. The molecule has 1 fully saturated rings. The fourth-order valence-electron chi connectivity index (χ4n) is 1.77. The number of carbonyl (C=O) groups excluding carboxylic acids is 1. The minimum Gasteiger partial charge on any atom is -0.480 e. The van der Waals surface area contributed by atoms with E-state index in [4.69, 9.17) is 10.4 Å². The van der Waals surface area contributed by atoms with Gasteiger partial charge < -0.3 is 15.2 Å². The molecule has 88 valence electrons. The monoisotopic (exact) mass is 226 g/mol. The normalized spacial score (nSPS) is 23.7. The number of hydrogen-bond acceptors (Lipinski definition) is 4. The van der Waals surface area contributed by atoms with Gasteiger partial charge in [-0.2, -0.15) is 5.26 Å². The summed E-state index contributed by atoms with van der Waals surface area (Å²) in [5, 5.41) is 19.8. The Bertz CT molecular complexity index is 310. The Morgan fingerprint density at radius 1 is 1.44 bits per heavy atom. The second-order valence-electron chi connectivity index (χ2n) is 3.73. The number of nitriles is 1. The predicted molar refractivity (Wildman–Crippen MR) is 53.3 cm³/mol. The van der Waals surface area contributed by atoms with Crippen molar-refractivity contribution in [2.75, 3.05) is 13.2 Å². The third kappa shape index (κ3) is 3.87. The summed E-state index contributed by atoms with van der Waals surface area (Å²) in [6.45, 7) is -0.763. The number of rotatable bonds is 5. The van der Waals surface area contributed by atoms with Crippen LogP contribution in [0.3, 0.4) is 0 Å². The number of hydrogen-bond donors (Lipinski definition) is 2. The topological polar surface area (TPSA) is 99.4 Å². The molecule has 1 rings (SSSR count). The Balaban J connectivity index is 2.23. The van der Waals surface area contributed by atoms with E-state index in [1.807, 2.05) is 0 Å². The zero-order valence-corrected chi connectivity index (χ0v) is 8.81. The molecule has 1 saturated carbocycles. The highest BCUT2D eigenvalue weighted by atomic mass is 16.5. The summed E-state index contributed by atoms with van der Waals surface area (Å²) in [6.07, 6.45) is 2.53. The van der Waals surface area contributed by atoms with E-state index in [1.165, 1.54) is 0 Å². The first-order valence-corrected chi connectivity index (χ1v) is 5.12. The van der Waals surface area contributed by atoms with Crippen LogP contribution in [0.1, 0.15) is 19.3 Å². The lowest BCUT2D eigenvalue weighted by atomic mass is 10.1. The molecule has 1 aliphatic carbocycles. The van der Waals surface area contributed by atoms with Gasteiger partial charge in [0.1, 0.15) is 13.2 Å². The number of carbonyl (C=O) groups is 2. The van der Waals surface area contributed by atoms with Gasteiger partial charge in [0.25, 0.3) is 0 Å². The Kier molecular flexibility index (Phi) is 4.73. The van der Waals surface area contributed by atoms with Crippen LogP contribution in [-0.2, 0) is 14.3 Å². The summed E-state index contributed by atoms with van der Waals surface area (Å²) in [7, 11) is 0. The summed E-state index contributed by atoms with van der Waals surface area (Å²) in [4.78, 5) is 21.4. The van der Waals surface area contributed by atoms with E-state index in [0.29, 0.717) is 0 Å². The molecule has 0 spiro atoms. The second-order valence-corrected chi connectivity index (χ2v) is 3.73. The largest absolute Gasteiger partial charge is 0.480 e. The zero-order valence-electron chi connectivity index (χ0n) is 8.81. The molecule has 0 aromatic carbocycles. The summed E-state index contributed by atoms with van der Waals surface area (Å²) in [6, 6.07) is 2.02. The summed E-state index contributed by atoms with van der Waals surface area (Å²) < 4.78 is 4.64. The Morgan fingerprint density at radius 2 is 2.19 bits per heavy atom. The van der Waals surface area contributed by atoms with Crippen LogP contribution >= 0.6 is 0 Å². The van der Waals surface area contributed by atoms with Crippen molar-refractivity contribution < 1.29 is 19.4 Å². The van der Waals surface area contributed by atoms with Crippen LogP contribution in [0, 0.1) is 17.2 Å². The zero-order chi connectivity index (χ0) is 12.0. The highest BCUT2D eigenvalue weighted by Gasteiger charge is 2.28. The first-order valence-electron chi connectivity index (χ1n) is 5.12. The van der Waals surface area contributed by atoms with Crippen molar-refractivity contribution in [2.24, 2.45) is 5.92 Å². The van der Waals surface area contributed by atoms with Gasteiger partial charge in [-0.25, -0.2) is 4.79 Å². The highest BCUT2D eigenvalue weighted by Crippen LogP contribution is 2.24. The molecule has 2 atom stereocenters. The maximum atomic E-state index is 11.3. The molecular weight excluding hydrogens is 212 g/mol. The number of amides is 1. The lowest BCUT2D eigenvalue weighted by Gasteiger charge is -2.15. The number of ether oxygens (including phenoxy) is 1. The van der Waals surface area contributed by atoms with E-state index in [1.54, 1.807) is 0 Å². The van der Waals surface area contributed by atoms with Gasteiger partial charge in [-0.3, -0.25) is 4.79 Å². The minimum absolute atomic E-state index is 0.120. The van der Waals surface area contributed by atoms with Crippen molar-refractivity contribution in [2.45, 2.75) is 25.3 Å².